The molecule has 2 aromatic carbocycles. The van der Waals surface area contributed by atoms with Crippen molar-refractivity contribution in [2.45, 2.75) is 25.9 Å². The molecule has 2 aromatic rings. The van der Waals surface area contributed by atoms with Gasteiger partial charge in [0, 0.05) is 48.8 Å². The quantitative estimate of drug-likeness (QED) is 0.800. The van der Waals surface area contributed by atoms with E-state index >= 15 is 0 Å². The van der Waals surface area contributed by atoms with Gasteiger partial charge >= 0.3 is 0 Å². The van der Waals surface area contributed by atoms with Crippen LogP contribution in [0.1, 0.15) is 19.4 Å². The number of para-hydroxylation sites is 2. The predicted molar refractivity (Wildman–Crippen MR) is 120 cm³/mol. The highest BCUT2D eigenvalue weighted by Crippen LogP contribution is 2.32. The maximum Gasteiger partial charge on any atom is 0.264 e. The topological polar surface area (TPSA) is 35.6 Å². The van der Waals surface area contributed by atoms with Gasteiger partial charge in [0.15, 0.2) is 0 Å². The number of nitrogens with one attached hydrogen (secondary N) is 1. The van der Waals surface area contributed by atoms with Gasteiger partial charge in [-0.1, -0.05) is 36.4 Å². The van der Waals surface area contributed by atoms with Crippen molar-refractivity contribution in [1.82, 2.24) is 5.32 Å². The van der Waals surface area contributed by atoms with Crippen LogP contribution in [-0.4, -0.2) is 43.4 Å². The summed E-state index contributed by atoms with van der Waals surface area (Å²) >= 11 is 1.66. The van der Waals surface area contributed by atoms with E-state index in [1.807, 2.05) is 35.2 Å². The van der Waals surface area contributed by atoms with Gasteiger partial charge in [-0.15, -0.1) is 11.8 Å². The number of thioether (sulfide) groups is 1. The molecule has 2 aliphatic heterocycles. The fourth-order valence-corrected chi connectivity index (χ4v) is 5.00. The van der Waals surface area contributed by atoms with Crippen molar-refractivity contribution in [3.05, 3.63) is 65.1 Å². The highest BCUT2D eigenvalue weighted by molar-refractivity contribution is 8.04. The first-order valence-electron chi connectivity index (χ1n) is 9.93. The minimum Gasteiger partial charge on any atom is -0.368 e. The van der Waals surface area contributed by atoms with E-state index in [2.05, 4.69) is 54.4 Å². The summed E-state index contributed by atoms with van der Waals surface area (Å²) in [5, 5.41) is 3.59. The van der Waals surface area contributed by atoms with Crippen molar-refractivity contribution < 1.29 is 4.79 Å². The number of piperazine rings is 1. The normalized spacial score (nSPS) is 24.6. The van der Waals surface area contributed by atoms with E-state index in [9.17, 15) is 4.79 Å². The molecule has 0 aliphatic carbocycles. The van der Waals surface area contributed by atoms with Crippen molar-refractivity contribution in [1.29, 1.82) is 0 Å². The average molecular weight is 394 g/mol. The molecule has 1 amide bonds. The van der Waals surface area contributed by atoms with E-state index in [1.165, 1.54) is 5.69 Å². The molecule has 28 heavy (non-hydrogen) atoms. The Balaban J connectivity index is 1.63. The standard InChI is InChI=1S/C23H27N3OS/c1-17-15-25(16-18(2)24-17)21-11-7-6-8-19(21)14-22-23(27)26(12-13-28-22)20-9-4-3-5-10-20/h3-11,14,17-18,24H,12-13,15-16H2,1-2H3/b22-14-. The molecule has 0 aromatic heterocycles. The maximum atomic E-state index is 13.1. The number of anilines is 2. The van der Waals surface area contributed by atoms with E-state index < -0.39 is 0 Å². The van der Waals surface area contributed by atoms with Gasteiger partial charge in [0.05, 0.1) is 4.91 Å². The molecule has 2 atom stereocenters. The molecule has 4 rings (SSSR count). The van der Waals surface area contributed by atoms with E-state index in [0.717, 1.165) is 41.5 Å². The first-order chi connectivity index (χ1) is 13.6. The van der Waals surface area contributed by atoms with Crippen molar-refractivity contribution in [3.8, 4) is 0 Å². The zero-order valence-electron chi connectivity index (χ0n) is 16.5. The number of hydrogen-bond acceptors (Lipinski definition) is 4. The SMILES string of the molecule is CC1CN(c2ccccc2/C=C2\SCCN(c3ccccc3)C2=O)CC(C)N1. The second-order valence-corrected chi connectivity index (χ2v) is 8.72. The van der Waals surface area contributed by atoms with Gasteiger partial charge in [-0.3, -0.25) is 4.79 Å². The van der Waals surface area contributed by atoms with Gasteiger partial charge in [0.1, 0.15) is 0 Å². The Kier molecular flexibility index (Phi) is 5.74. The molecule has 2 heterocycles. The molecular weight excluding hydrogens is 366 g/mol. The lowest BCUT2D eigenvalue weighted by Gasteiger charge is -2.38. The average Bonchev–Trinajstić information content (AvgIpc) is 2.70. The van der Waals surface area contributed by atoms with Crippen molar-refractivity contribution in [2.75, 3.05) is 35.2 Å². The lowest BCUT2D eigenvalue weighted by Crippen LogP contribution is -2.54. The third-order valence-electron chi connectivity index (χ3n) is 5.22. The Morgan fingerprint density at radius 3 is 2.43 bits per heavy atom. The Morgan fingerprint density at radius 1 is 1.00 bits per heavy atom. The molecule has 146 valence electrons. The highest BCUT2D eigenvalue weighted by atomic mass is 32.2. The molecule has 2 fully saturated rings. The molecule has 5 heteroatoms. The minimum atomic E-state index is 0.0966. The van der Waals surface area contributed by atoms with Crippen LogP contribution in [0.3, 0.4) is 0 Å². The number of nitrogens with zero attached hydrogens (tertiary/aromatic N) is 2. The summed E-state index contributed by atoms with van der Waals surface area (Å²) in [7, 11) is 0. The van der Waals surface area contributed by atoms with Gasteiger partial charge in [-0.2, -0.15) is 0 Å². The summed E-state index contributed by atoms with van der Waals surface area (Å²) in [4.78, 5) is 18.3. The lowest BCUT2D eigenvalue weighted by molar-refractivity contribution is -0.114. The second kappa shape index (κ2) is 8.41. The van der Waals surface area contributed by atoms with Crippen LogP contribution < -0.4 is 15.1 Å². The van der Waals surface area contributed by atoms with Gasteiger partial charge in [0.25, 0.3) is 5.91 Å². The molecule has 0 spiro atoms. The fraction of sp³-hybridized carbons (Fsp3) is 0.348. The molecule has 0 bridgehead atoms. The number of amides is 1. The minimum absolute atomic E-state index is 0.0966. The first-order valence-corrected chi connectivity index (χ1v) is 10.9. The molecule has 2 aliphatic rings. The smallest absolute Gasteiger partial charge is 0.264 e. The van der Waals surface area contributed by atoms with Crippen molar-refractivity contribution >= 4 is 35.1 Å². The summed E-state index contributed by atoms with van der Waals surface area (Å²) in [6, 6.07) is 19.3. The number of carbonyl (C=O) groups is 1. The fourth-order valence-electron chi connectivity index (χ4n) is 4.06. The Morgan fingerprint density at radius 2 is 1.68 bits per heavy atom. The Hall–Kier alpha value is -2.24. The summed E-state index contributed by atoms with van der Waals surface area (Å²) in [5.74, 6) is 1.01. The Labute approximate surface area is 171 Å². The van der Waals surface area contributed by atoms with Crippen molar-refractivity contribution in [3.63, 3.8) is 0 Å². The number of rotatable bonds is 3. The van der Waals surface area contributed by atoms with Crippen LogP contribution in [-0.2, 0) is 4.79 Å². The lowest BCUT2D eigenvalue weighted by atomic mass is 10.1. The van der Waals surface area contributed by atoms with Gasteiger partial charge in [0.2, 0.25) is 0 Å². The maximum absolute atomic E-state index is 13.1. The van der Waals surface area contributed by atoms with Crippen LogP contribution in [0.25, 0.3) is 6.08 Å². The number of carbonyl (C=O) groups excluding carboxylic acids is 1. The second-order valence-electron chi connectivity index (χ2n) is 7.58. The summed E-state index contributed by atoms with van der Waals surface area (Å²) in [6.07, 6.45) is 2.08. The molecule has 0 saturated carbocycles. The van der Waals surface area contributed by atoms with Crippen LogP contribution in [0.4, 0.5) is 11.4 Å². The zero-order chi connectivity index (χ0) is 19.5. The zero-order valence-corrected chi connectivity index (χ0v) is 17.3. The van der Waals surface area contributed by atoms with Crippen LogP contribution in [0.5, 0.6) is 0 Å². The molecule has 1 N–H and O–H groups in total. The largest absolute Gasteiger partial charge is 0.368 e. The monoisotopic (exact) mass is 393 g/mol. The summed E-state index contributed by atoms with van der Waals surface area (Å²) in [6.45, 7) is 7.15. The van der Waals surface area contributed by atoms with Crippen LogP contribution >= 0.6 is 11.8 Å². The summed E-state index contributed by atoms with van der Waals surface area (Å²) < 4.78 is 0. The third-order valence-corrected chi connectivity index (χ3v) is 6.21. The Bertz CT molecular complexity index is 857. The molecule has 2 saturated heterocycles. The number of hydrogen-bond donors (Lipinski definition) is 1. The van der Waals surface area contributed by atoms with Gasteiger partial charge < -0.3 is 15.1 Å². The molecule has 2 unspecified atom stereocenters. The predicted octanol–water partition coefficient (Wildman–Crippen LogP) is 3.99. The van der Waals surface area contributed by atoms with E-state index in [1.54, 1.807) is 11.8 Å². The first kappa shape index (κ1) is 19.1. The van der Waals surface area contributed by atoms with E-state index in [4.69, 9.17) is 0 Å². The summed E-state index contributed by atoms with van der Waals surface area (Å²) in [5.41, 5.74) is 3.30. The van der Waals surface area contributed by atoms with Crippen LogP contribution in [0.15, 0.2) is 59.5 Å². The number of benzene rings is 2. The van der Waals surface area contributed by atoms with Crippen molar-refractivity contribution in [2.24, 2.45) is 0 Å². The van der Waals surface area contributed by atoms with Crippen LogP contribution in [0, 0.1) is 0 Å². The van der Waals surface area contributed by atoms with Gasteiger partial charge in [-0.25, -0.2) is 0 Å². The highest BCUT2D eigenvalue weighted by Gasteiger charge is 2.26. The third kappa shape index (κ3) is 4.10. The van der Waals surface area contributed by atoms with E-state index in [-0.39, 0.29) is 5.91 Å². The molecular formula is C23H27N3OS. The van der Waals surface area contributed by atoms with Gasteiger partial charge in [-0.05, 0) is 43.7 Å². The van der Waals surface area contributed by atoms with E-state index in [0.29, 0.717) is 12.1 Å². The molecule has 4 nitrogen and oxygen atoms in total. The van der Waals surface area contributed by atoms with Crippen LogP contribution in [0.2, 0.25) is 0 Å². The molecule has 0 radical (unpaired) electrons.